The summed E-state index contributed by atoms with van der Waals surface area (Å²) in [7, 11) is 1.42. The lowest BCUT2D eigenvalue weighted by molar-refractivity contribution is -0.141. The van der Waals surface area contributed by atoms with E-state index in [0.717, 1.165) is 36.0 Å². The van der Waals surface area contributed by atoms with Gasteiger partial charge in [0.1, 0.15) is 6.54 Å². The number of carbonyl (C=O) groups excluding carboxylic acids is 1. The van der Waals surface area contributed by atoms with E-state index in [1.54, 1.807) is 6.20 Å². The van der Waals surface area contributed by atoms with Crippen molar-refractivity contribution in [3.05, 3.63) is 77.9 Å². The molecule has 0 saturated heterocycles. The van der Waals surface area contributed by atoms with Crippen LogP contribution in [0.3, 0.4) is 0 Å². The number of rotatable bonds is 6. The number of aromatic nitrogens is 4. The molecule has 0 unspecified atom stereocenters. The highest BCUT2D eigenvalue weighted by Crippen LogP contribution is 2.31. The highest BCUT2D eigenvalue weighted by Gasteiger charge is 2.25. The van der Waals surface area contributed by atoms with Gasteiger partial charge in [-0.05, 0) is 43.0 Å². The van der Waals surface area contributed by atoms with Crippen molar-refractivity contribution in [1.29, 1.82) is 0 Å². The number of ether oxygens (including phenoxy) is 1. The minimum absolute atomic E-state index is 0.210. The smallest absolute Gasteiger partial charge is 0.325 e. The largest absolute Gasteiger partial charge is 0.468 e. The lowest BCUT2D eigenvalue weighted by atomic mass is 9.92. The summed E-state index contributed by atoms with van der Waals surface area (Å²) in [4.78, 5) is 16.3. The van der Waals surface area contributed by atoms with Crippen molar-refractivity contribution in [1.82, 2.24) is 24.6 Å². The highest BCUT2D eigenvalue weighted by atomic mass is 16.5. The first-order valence-corrected chi connectivity index (χ1v) is 10.6. The van der Waals surface area contributed by atoms with Crippen molar-refractivity contribution >= 4 is 16.9 Å². The van der Waals surface area contributed by atoms with Crippen LogP contribution in [-0.4, -0.2) is 32.4 Å². The number of esters is 1. The van der Waals surface area contributed by atoms with Gasteiger partial charge in [-0.1, -0.05) is 24.3 Å². The second-order valence-electron chi connectivity index (χ2n) is 7.85. The van der Waals surface area contributed by atoms with E-state index in [1.807, 2.05) is 51.8 Å². The van der Waals surface area contributed by atoms with Gasteiger partial charge in [0.25, 0.3) is 0 Å². The minimum atomic E-state index is -0.251. The van der Waals surface area contributed by atoms with Crippen molar-refractivity contribution in [2.45, 2.75) is 38.4 Å². The Balaban J connectivity index is 1.39. The number of fused-ring (bicyclic) bond motifs is 2. The predicted octanol–water partition coefficient (Wildman–Crippen LogP) is 3.56. The van der Waals surface area contributed by atoms with Gasteiger partial charge in [0.15, 0.2) is 5.82 Å². The van der Waals surface area contributed by atoms with Crippen LogP contribution in [0.5, 0.6) is 0 Å². The number of hydrogen-bond acceptors (Lipinski definition) is 5. The van der Waals surface area contributed by atoms with Crippen LogP contribution in [0, 0.1) is 0 Å². The van der Waals surface area contributed by atoms with Gasteiger partial charge in [-0.15, -0.1) is 0 Å². The van der Waals surface area contributed by atoms with Gasteiger partial charge in [0.05, 0.1) is 19.0 Å². The fourth-order valence-electron chi connectivity index (χ4n) is 4.48. The average Bonchev–Trinajstić information content (AvgIpc) is 3.40. The number of carbonyl (C=O) groups is 1. The molecule has 158 valence electrons. The second-order valence-corrected chi connectivity index (χ2v) is 7.85. The van der Waals surface area contributed by atoms with E-state index in [1.165, 1.54) is 23.9 Å². The molecule has 3 aromatic heterocycles. The molecule has 7 nitrogen and oxygen atoms in total. The summed E-state index contributed by atoms with van der Waals surface area (Å²) in [6.45, 7) is 0.926. The van der Waals surface area contributed by atoms with Crippen LogP contribution in [0.25, 0.3) is 16.7 Å². The van der Waals surface area contributed by atoms with Crippen molar-refractivity contribution in [3.63, 3.8) is 0 Å². The lowest BCUT2D eigenvalue weighted by Gasteiger charge is -2.24. The zero-order valence-corrected chi connectivity index (χ0v) is 17.5. The molecule has 1 aliphatic rings. The number of para-hydroxylation sites is 1. The van der Waals surface area contributed by atoms with E-state index < -0.39 is 0 Å². The molecule has 4 aromatic rings. The van der Waals surface area contributed by atoms with Crippen molar-refractivity contribution < 1.29 is 9.53 Å². The number of nitrogens with one attached hydrogen (secondary N) is 1. The summed E-state index contributed by atoms with van der Waals surface area (Å²) in [6.07, 6.45) is 9.00. The molecule has 1 N–H and O–H groups in total. The first-order valence-electron chi connectivity index (χ1n) is 10.6. The fraction of sp³-hybridized carbons (Fsp3) is 0.292. The van der Waals surface area contributed by atoms with E-state index in [0.29, 0.717) is 6.54 Å². The molecule has 0 bridgehead atoms. The minimum Gasteiger partial charge on any atom is -0.468 e. The van der Waals surface area contributed by atoms with Crippen LogP contribution in [0.15, 0.2) is 61.1 Å². The van der Waals surface area contributed by atoms with Crippen LogP contribution in [-0.2, 0) is 29.0 Å². The molecule has 0 fully saturated rings. The van der Waals surface area contributed by atoms with Crippen LogP contribution in [0.2, 0.25) is 0 Å². The summed E-state index contributed by atoms with van der Waals surface area (Å²) in [5.41, 5.74) is 4.69. The molecule has 0 radical (unpaired) electrons. The third-order valence-corrected chi connectivity index (χ3v) is 5.99. The number of methoxy groups -OCH3 is 1. The zero-order chi connectivity index (χ0) is 21.2. The van der Waals surface area contributed by atoms with Crippen LogP contribution >= 0.6 is 0 Å². The molecular formula is C24H25N5O2. The summed E-state index contributed by atoms with van der Waals surface area (Å²) in [5.74, 6) is 0.606. The molecule has 0 spiro atoms. The molecule has 0 amide bonds. The number of hydrogen-bond donors (Lipinski definition) is 1. The Hall–Kier alpha value is -3.45. The summed E-state index contributed by atoms with van der Waals surface area (Å²) < 4.78 is 8.78. The topological polar surface area (TPSA) is 74.0 Å². The third-order valence-electron chi connectivity index (χ3n) is 5.99. The van der Waals surface area contributed by atoms with Crippen LogP contribution in [0.1, 0.15) is 35.7 Å². The second kappa shape index (κ2) is 8.35. The van der Waals surface area contributed by atoms with Gasteiger partial charge in [0, 0.05) is 41.4 Å². The molecule has 0 saturated carbocycles. The normalized spacial score (nSPS) is 15.7. The number of benzene rings is 1. The maximum absolute atomic E-state index is 11.8. The quantitative estimate of drug-likeness (QED) is 0.488. The Morgan fingerprint density at radius 2 is 2.10 bits per heavy atom. The number of pyridine rings is 1. The van der Waals surface area contributed by atoms with Crippen LogP contribution in [0.4, 0.5) is 0 Å². The van der Waals surface area contributed by atoms with E-state index in [2.05, 4.69) is 27.7 Å². The Morgan fingerprint density at radius 3 is 2.94 bits per heavy atom. The third kappa shape index (κ3) is 3.72. The standard InChI is InChI=1S/C24H25N5O2/c1-31-24(30)16-28-15-17(18-7-2-3-9-21(18)28)13-26-20-8-6-10-22-19(20)14-27-29(22)23-11-4-5-12-25-23/h2-5,7,9,11-12,14-15,20,26H,6,8,10,13,16H2,1H3/t20-/m0/s1. The summed E-state index contributed by atoms with van der Waals surface area (Å²) in [5, 5.41) is 9.51. The van der Waals surface area contributed by atoms with Gasteiger partial charge in [0.2, 0.25) is 0 Å². The first-order chi connectivity index (χ1) is 15.2. The van der Waals surface area contributed by atoms with Gasteiger partial charge < -0.3 is 14.6 Å². The average molecular weight is 415 g/mol. The van der Waals surface area contributed by atoms with E-state index >= 15 is 0 Å². The molecule has 0 aliphatic heterocycles. The summed E-state index contributed by atoms with van der Waals surface area (Å²) in [6, 6.07) is 14.3. The maximum atomic E-state index is 11.8. The van der Waals surface area contributed by atoms with Gasteiger partial charge in [-0.25, -0.2) is 9.67 Å². The molecule has 31 heavy (non-hydrogen) atoms. The molecule has 1 aromatic carbocycles. The first kappa shape index (κ1) is 19.5. The van der Waals surface area contributed by atoms with Crippen molar-refractivity contribution in [3.8, 4) is 5.82 Å². The molecule has 5 rings (SSSR count). The van der Waals surface area contributed by atoms with E-state index in [9.17, 15) is 4.79 Å². The van der Waals surface area contributed by atoms with E-state index in [-0.39, 0.29) is 18.6 Å². The Labute approximate surface area is 180 Å². The Kier molecular flexibility index (Phi) is 5.26. The maximum Gasteiger partial charge on any atom is 0.325 e. The lowest BCUT2D eigenvalue weighted by Crippen LogP contribution is -2.25. The summed E-state index contributed by atoms with van der Waals surface area (Å²) >= 11 is 0. The van der Waals surface area contributed by atoms with Crippen molar-refractivity contribution in [2.24, 2.45) is 0 Å². The zero-order valence-electron chi connectivity index (χ0n) is 17.5. The number of nitrogens with zero attached hydrogens (tertiary/aromatic N) is 4. The van der Waals surface area contributed by atoms with E-state index in [4.69, 9.17) is 4.74 Å². The predicted molar refractivity (Wildman–Crippen MR) is 118 cm³/mol. The van der Waals surface area contributed by atoms with Gasteiger partial charge in [-0.2, -0.15) is 5.10 Å². The molecule has 3 heterocycles. The van der Waals surface area contributed by atoms with Crippen molar-refractivity contribution in [2.75, 3.05) is 7.11 Å². The molecule has 1 aliphatic carbocycles. The monoisotopic (exact) mass is 415 g/mol. The Bertz CT molecular complexity index is 1210. The van der Waals surface area contributed by atoms with Crippen LogP contribution < -0.4 is 5.32 Å². The van der Waals surface area contributed by atoms with Gasteiger partial charge in [-0.3, -0.25) is 4.79 Å². The molecule has 7 heteroatoms. The fourth-order valence-corrected chi connectivity index (χ4v) is 4.48. The highest BCUT2D eigenvalue weighted by molar-refractivity contribution is 5.85. The van der Waals surface area contributed by atoms with Gasteiger partial charge >= 0.3 is 5.97 Å². The Morgan fingerprint density at radius 1 is 1.23 bits per heavy atom. The molecular weight excluding hydrogens is 390 g/mol. The SMILES string of the molecule is COC(=O)Cn1cc(CN[C@H]2CCCc3c2cnn3-c2ccccn2)c2ccccc21. The molecule has 1 atom stereocenters.